The van der Waals surface area contributed by atoms with Crippen LogP contribution in [0.3, 0.4) is 0 Å². The highest BCUT2D eigenvalue weighted by atomic mass is 16.5. The first-order valence-corrected chi connectivity index (χ1v) is 5.10. The number of methoxy groups -OCH3 is 1. The first kappa shape index (κ1) is 11.5. The van der Waals surface area contributed by atoms with Crippen molar-refractivity contribution in [2.45, 2.75) is 25.9 Å². The minimum Gasteiger partial charge on any atom is -0.389 e. The molecular formula is C10H19NO3. The number of carbonyl (C=O) groups is 1. The molecule has 4 heteroatoms. The molecule has 1 saturated carbocycles. The second-order valence-electron chi connectivity index (χ2n) is 3.98. The third-order valence-corrected chi connectivity index (χ3v) is 2.61. The van der Waals surface area contributed by atoms with Crippen molar-refractivity contribution in [2.24, 2.45) is 11.8 Å². The summed E-state index contributed by atoms with van der Waals surface area (Å²) in [5.41, 5.74) is 0. The van der Waals surface area contributed by atoms with E-state index in [0.717, 1.165) is 12.8 Å². The molecule has 0 bridgehead atoms. The van der Waals surface area contributed by atoms with E-state index in [1.54, 1.807) is 0 Å². The van der Waals surface area contributed by atoms with Gasteiger partial charge in [-0.1, -0.05) is 6.92 Å². The standard InChI is InChI=1S/C10H19NO3/c1-7(8-3-4-8)10(13)11-5-9(12)6-14-2/h7-9,12H,3-6H2,1-2H3,(H,11,13). The maximum atomic E-state index is 11.5. The van der Waals surface area contributed by atoms with E-state index in [4.69, 9.17) is 4.74 Å². The van der Waals surface area contributed by atoms with E-state index in [2.05, 4.69) is 5.32 Å². The van der Waals surface area contributed by atoms with Crippen molar-refractivity contribution in [3.8, 4) is 0 Å². The monoisotopic (exact) mass is 201 g/mol. The van der Waals surface area contributed by atoms with Crippen LogP contribution in [0.5, 0.6) is 0 Å². The first-order chi connectivity index (χ1) is 6.65. The number of amides is 1. The Hall–Kier alpha value is -0.610. The average Bonchev–Trinajstić information content (AvgIpc) is 2.96. The highest BCUT2D eigenvalue weighted by Crippen LogP contribution is 2.36. The average molecular weight is 201 g/mol. The summed E-state index contributed by atoms with van der Waals surface area (Å²) in [6.45, 7) is 2.48. The minimum absolute atomic E-state index is 0.0441. The molecule has 1 fully saturated rings. The Morgan fingerprint density at radius 2 is 2.29 bits per heavy atom. The van der Waals surface area contributed by atoms with Gasteiger partial charge in [-0.3, -0.25) is 4.79 Å². The van der Waals surface area contributed by atoms with Crippen molar-refractivity contribution in [2.75, 3.05) is 20.3 Å². The van der Waals surface area contributed by atoms with E-state index < -0.39 is 6.10 Å². The van der Waals surface area contributed by atoms with Crippen molar-refractivity contribution < 1.29 is 14.6 Å². The molecule has 2 N–H and O–H groups in total. The molecule has 1 amide bonds. The molecule has 1 aliphatic rings. The van der Waals surface area contributed by atoms with E-state index in [9.17, 15) is 9.90 Å². The van der Waals surface area contributed by atoms with Crippen molar-refractivity contribution >= 4 is 5.91 Å². The summed E-state index contributed by atoms with van der Waals surface area (Å²) in [5, 5.41) is 12.0. The molecule has 0 aliphatic heterocycles. The third-order valence-electron chi connectivity index (χ3n) is 2.61. The fourth-order valence-electron chi connectivity index (χ4n) is 1.44. The largest absolute Gasteiger partial charge is 0.389 e. The molecule has 0 aromatic rings. The van der Waals surface area contributed by atoms with Gasteiger partial charge in [-0.15, -0.1) is 0 Å². The van der Waals surface area contributed by atoms with Crippen LogP contribution in [0.25, 0.3) is 0 Å². The molecule has 2 unspecified atom stereocenters. The van der Waals surface area contributed by atoms with Crippen molar-refractivity contribution in [1.82, 2.24) is 5.32 Å². The number of hydrogen-bond donors (Lipinski definition) is 2. The Kier molecular flexibility index (Phi) is 4.35. The van der Waals surface area contributed by atoms with Gasteiger partial charge in [0.15, 0.2) is 0 Å². The van der Waals surface area contributed by atoms with Crippen molar-refractivity contribution in [1.29, 1.82) is 0 Å². The SMILES string of the molecule is COCC(O)CNC(=O)C(C)C1CC1. The molecule has 0 spiro atoms. The molecule has 1 rings (SSSR count). The van der Waals surface area contributed by atoms with Crippen LogP contribution in [0, 0.1) is 11.8 Å². The van der Waals surface area contributed by atoms with Gasteiger partial charge in [-0.2, -0.15) is 0 Å². The normalized spacial score (nSPS) is 20.2. The van der Waals surface area contributed by atoms with E-state index in [1.807, 2.05) is 6.92 Å². The summed E-state index contributed by atoms with van der Waals surface area (Å²) < 4.78 is 4.75. The van der Waals surface area contributed by atoms with Crippen LogP contribution < -0.4 is 5.32 Å². The van der Waals surface area contributed by atoms with E-state index in [1.165, 1.54) is 7.11 Å². The van der Waals surface area contributed by atoms with Gasteiger partial charge in [-0.25, -0.2) is 0 Å². The number of nitrogens with one attached hydrogen (secondary N) is 1. The number of carbonyl (C=O) groups excluding carboxylic acids is 1. The summed E-state index contributed by atoms with van der Waals surface area (Å²) in [6, 6.07) is 0. The smallest absolute Gasteiger partial charge is 0.223 e. The van der Waals surface area contributed by atoms with Crippen LogP contribution >= 0.6 is 0 Å². The fraction of sp³-hybridized carbons (Fsp3) is 0.900. The zero-order valence-electron chi connectivity index (χ0n) is 8.82. The van der Waals surface area contributed by atoms with Crippen molar-refractivity contribution in [3.63, 3.8) is 0 Å². The zero-order valence-corrected chi connectivity index (χ0v) is 8.82. The number of aliphatic hydroxyl groups is 1. The van der Waals surface area contributed by atoms with Gasteiger partial charge in [0.2, 0.25) is 5.91 Å². The first-order valence-electron chi connectivity index (χ1n) is 5.10. The number of ether oxygens (including phenoxy) is 1. The van der Waals surface area contributed by atoms with E-state index in [0.29, 0.717) is 5.92 Å². The van der Waals surface area contributed by atoms with Gasteiger partial charge in [-0.05, 0) is 18.8 Å². The lowest BCUT2D eigenvalue weighted by atomic mass is 10.1. The van der Waals surface area contributed by atoms with Gasteiger partial charge < -0.3 is 15.2 Å². The molecule has 2 atom stereocenters. The van der Waals surface area contributed by atoms with Crippen LogP contribution in [0.1, 0.15) is 19.8 Å². The summed E-state index contributed by atoms with van der Waals surface area (Å²) >= 11 is 0. The molecule has 0 radical (unpaired) electrons. The van der Waals surface area contributed by atoms with E-state index >= 15 is 0 Å². The Bertz CT molecular complexity index is 192. The lowest BCUT2D eigenvalue weighted by Gasteiger charge is -2.14. The second-order valence-corrected chi connectivity index (χ2v) is 3.98. The molecule has 1 aliphatic carbocycles. The zero-order chi connectivity index (χ0) is 10.6. The third kappa shape index (κ3) is 3.64. The summed E-state index contributed by atoms with van der Waals surface area (Å²) in [5.74, 6) is 0.696. The van der Waals surface area contributed by atoms with Gasteiger partial charge >= 0.3 is 0 Å². The van der Waals surface area contributed by atoms with Crippen LogP contribution in [-0.2, 0) is 9.53 Å². The van der Waals surface area contributed by atoms with Gasteiger partial charge in [0.25, 0.3) is 0 Å². The summed E-state index contributed by atoms with van der Waals surface area (Å²) in [6.07, 6.45) is 1.72. The molecule has 4 nitrogen and oxygen atoms in total. The van der Waals surface area contributed by atoms with Crippen LogP contribution in [-0.4, -0.2) is 37.4 Å². The minimum atomic E-state index is -0.602. The molecule has 0 aromatic carbocycles. The van der Waals surface area contributed by atoms with Crippen LogP contribution in [0.2, 0.25) is 0 Å². The van der Waals surface area contributed by atoms with Gasteiger partial charge in [0.05, 0.1) is 12.7 Å². The quantitative estimate of drug-likeness (QED) is 0.643. The molecular weight excluding hydrogens is 182 g/mol. The second kappa shape index (κ2) is 5.32. The predicted molar refractivity (Wildman–Crippen MR) is 52.8 cm³/mol. The van der Waals surface area contributed by atoms with Crippen molar-refractivity contribution in [3.05, 3.63) is 0 Å². The number of rotatable bonds is 6. The summed E-state index contributed by atoms with van der Waals surface area (Å²) in [7, 11) is 1.53. The van der Waals surface area contributed by atoms with Gasteiger partial charge in [0, 0.05) is 19.6 Å². The number of hydrogen-bond acceptors (Lipinski definition) is 3. The Balaban J connectivity index is 2.13. The number of aliphatic hydroxyl groups excluding tert-OH is 1. The fourth-order valence-corrected chi connectivity index (χ4v) is 1.44. The summed E-state index contributed by atoms with van der Waals surface area (Å²) in [4.78, 5) is 11.5. The van der Waals surface area contributed by atoms with Gasteiger partial charge in [0.1, 0.15) is 0 Å². The van der Waals surface area contributed by atoms with Crippen LogP contribution in [0.4, 0.5) is 0 Å². The Morgan fingerprint density at radius 1 is 1.64 bits per heavy atom. The van der Waals surface area contributed by atoms with E-state index in [-0.39, 0.29) is 25.0 Å². The topological polar surface area (TPSA) is 58.6 Å². The molecule has 0 heterocycles. The Labute approximate surface area is 84.6 Å². The lowest BCUT2D eigenvalue weighted by Crippen LogP contribution is -2.37. The molecule has 0 aromatic heterocycles. The lowest BCUT2D eigenvalue weighted by molar-refractivity contribution is -0.125. The maximum absolute atomic E-state index is 11.5. The molecule has 0 saturated heterocycles. The van der Waals surface area contributed by atoms with Crippen LogP contribution in [0.15, 0.2) is 0 Å². The molecule has 14 heavy (non-hydrogen) atoms. The highest BCUT2D eigenvalue weighted by Gasteiger charge is 2.32. The molecule has 82 valence electrons. The maximum Gasteiger partial charge on any atom is 0.223 e. The predicted octanol–water partition coefficient (Wildman–Crippen LogP) is 0.156. The highest BCUT2D eigenvalue weighted by molar-refractivity contribution is 5.78. The Morgan fingerprint density at radius 3 is 2.79 bits per heavy atom.